The van der Waals surface area contributed by atoms with E-state index >= 15 is 0 Å². The number of nitrogens with zero attached hydrogens (tertiary/aromatic N) is 2. The van der Waals surface area contributed by atoms with Crippen LogP contribution in [-0.2, 0) is 5.54 Å². The van der Waals surface area contributed by atoms with Crippen molar-refractivity contribution in [3.63, 3.8) is 0 Å². The molecule has 6 heteroatoms. The predicted molar refractivity (Wildman–Crippen MR) is 97.5 cm³/mol. The number of fused-ring (bicyclic) bond motifs is 1. The smallest absolute Gasteiger partial charge is 0.262 e. The summed E-state index contributed by atoms with van der Waals surface area (Å²) in [6.07, 6.45) is 0. The van der Waals surface area contributed by atoms with E-state index in [4.69, 9.17) is 0 Å². The van der Waals surface area contributed by atoms with Gasteiger partial charge in [-0.05, 0) is 50.2 Å². The van der Waals surface area contributed by atoms with Gasteiger partial charge in [0.05, 0.1) is 22.4 Å². The average Bonchev–Trinajstić information content (AvgIpc) is 3.21. The van der Waals surface area contributed by atoms with Crippen molar-refractivity contribution in [1.29, 1.82) is 0 Å². The van der Waals surface area contributed by atoms with Crippen molar-refractivity contribution in [2.45, 2.75) is 19.4 Å². The normalized spacial score (nSPS) is 14.0. The van der Waals surface area contributed by atoms with Crippen molar-refractivity contribution in [2.24, 2.45) is 0 Å². The zero-order valence-corrected chi connectivity index (χ0v) is 15.0. The van der Waals surface area contributed by atoms with Crippen molar-refractivity contribution in [3.05, 3.63) is 76.5 Å². The molecule has 0 saturated carbocycles. The molecule has 0 bridgehead atoms. The van der Waals surface area contributed by atoms with Crippen LogP contribution in [0.25, 0.3) is 10.6 Å². The Bertz CT molecular complexity index is 989. The number of benzene rings is 2. The molecule has 4 nitrogen and oxygen atoms in total. The molecule has 0 aliphatic carbocycles. The zero-order chi connectivity index (χ0) is 18.5. The Labute approximate surface area is 153 Å². The Morgan fingerprint density at radius 2 is 1.54 bits per heavy atom. The molecule has 2 aromatic carbocycles. The molecule has 26 heavy (non-hydrogen) atoms. The number of thiazole rings is 1. The minimum absolute atomic E-state index is 0.308. The van der Waals surface area contributed by atoms with Gasteiger partial charge < -0.3 is 0 Å². The van der Waals surface area contributed by atoms with Gasteiger partial charge in [-0.15, -0.1) is 11.3 Å². The molecule has 0 N–H and O–H groups in total. The van der Waals surface area contributed by atoms with Gasteiger partial charge in [0.1, 0.15) is 10.8 Å². The average molecular weight is 366 g/mol. The van der Waals surface area contributed by atoms with Gasteiger partial charge in [-0.2, -0.15) is 0 Å². The Kier molecular flexibility index (Phi) is 3.73. The molecule has 0 spiro atoms. The fourth-order valence-corrected chi connectivity index (χ4v) is 4.08. The summed E-state index contributed by atoms with van der Waals surface area (Å²) < 4.78 is 13.1. The molecule has 130 valence electrons. The highest BCUT2D eigenvalue weighted by Gasteiger charge is 2.45. The Morgan fingerprint density at radius 1 is 0.962 bits per heavy atom. The van der Waals surface area contributed by atoms with Gasteiger partial charge in [0.25, 0.3) is 11.8 Å². The van der Waals surface area contributed by atoms with Crippen LogP contribution in [0, 0.1) is 5.82 Å². The fraction of sp³-hybridized carbons (Fsp3) is 0.150. The van der Waals surface area contributed by atoms with Crippen molar-refractivity contribution >= 4 is 23.2 Å². The van der Waals surface area contributed by atoms with Gasteiger partial charge in [-0.3, -0.25) is 14.5 Å². The highest BCUT2D eigenvalue weighted by atomic mass is 32.1. The Morgan fingerprint density at radius 3 is 2.12 bits per heavy atom. The maximum Gasteiger partial charge on any atom is 0.262 e. The van der Waals surface area contributed by atoms with E-state index in [-0.39, 0.29) is 17.6 Å². The summed E-state index contributed by atoms with van der Waals surface area (Å²) in [7, 11) is 0. The van der Waals surface area contributed by atoms with Crippen molar-refractivity contribution in [3.8, 4) is 10.6 Å². The van der Waals surface area contributed by atoms with E-state index < -0.39 is 5.54 Å². The molecule has 0 fully saturated rings. The first-order valence-electron chi connectivity index (χ1n) is 8.09. The molecular weight excluding hydrogens is 351 g/mol. The second-order valence-electron chi connectivity index (χ2n) is 6.60. The second kappa shape index (κ2) is 5.85. The second-order valence-corrected chi connectivity index (χ2v) is 7.45. The summed E-state index contributed by atoms with van der Waals surface area (Å²) in [5.74, 6) is -0.934. The zero-order valence-electron chi connectivity index (χ0n) is 14.2. The van der Waals surface area contributed by atoms with Gasteiger partial charge in [0, 0.05) is 10.9 Å². The monoisotopic (exact) mass is 366 g/mol. The molecule has 0 radical (unpaired) electrons. The maximum atomic E-state index is 13.1. The predicted octanol–water partition coefficient (Wildman–Crippen LogP) is 4.48. The van der Waals surface area contributed by atoms with Gasteiger partial charge in [0.15, 0.2) is 0 Å². The summed E-state index contributed by atoms with van der Waals surface area (Å²) in [4.78, 5) is 31.4. The molecule has 0 atom stereocenters. The number of hydrogen-bond donors (Lipinski definition) is 0. The third kappa shape index (κ3) is 2.45. The first-order chi connectivity index (χ1) is 12.4. The van der Waals surface area contributed by atoms with E-state index in [1.54, 1.807) is 50.2 Å². The van der Waals surface area contributed by atoms with Crippen LogP contribution in [0.3, 0.4) is 0 Å². The lowest BCUT2D eigenvalue weighted by molar-refractivity contribution is 0.0469. The van der Waals surface area contributed by atoms with E-state index in [9.17, 15) is 14.0 Å². The summed E-state index contributed by atoms with van der Waals surface area (Å²) in [6, 6.07) is 12.9. The molecule has 1 aliphatic heterocycles. The van der Waals surface area contributed by atoms with Crippen LogP contribution in [0.2, 0.25) is 0 Å². The number of imide groups is 1. The molecule has 2 amide bonds. The van der Waals surface area contributed by atoms with Crippen LogP contribution in [0.1, 0.15) is 40.3 Å². The summed E-state index contributed by atoms with van der Waals surface area (Å²) in [5, 5.41) is 2.55. The fourth-order valence-electron chi connectivity index (χ4n) is 3.09. The van der Waals surface area contributed by atoms with E-state index in [0.717, 1.165) is 5.56 Å². The van der Waals surface area contributed by atoms with Crippen LogP contribution in [0.4, 0.5) is 4.39 Å². The number of halogens is 1. The lowest BCUT2D eigenvalue weighted by Gasteiger charge is -2.32. The standard InChI is InChI=1S/C20H15FN2O2S/c1-20(2,23-18(24)14-5-3-4-6-15(14)19(23)25)16-11-26-17(22-16)12-7-9-13(21)10-8-12/h3-11H,1-2H3. The lowest BCUT2D eigenvalue weighted by Crippen LogP contribution is -2.45. The number of hydrogen-bond acceptors (Lipinski definition) is 4. The highest BCUT2D eigenvalue weighted by molar-refractivity contribution is 7.13. The highest BCUT2D eigenvalue weighted by Crippen LogP contribution is 2.37. The number of amides is 2. The van der Waals surface area contributed by atoms with Crippen LogP contribution < -0.4 is 0 Å². The number of carbonyl (C=O) groups is 2. The minimum Gasteiger partial charge on any atom is -0.269 e. The molecule has 0 unspecified atom stereocenters. The quantitative estimate of drug-likeness (QED) is 0.642. The minimum atomic E-state index is -0.901. The molecule has 1 aliphatic rings. The molecule has 2 heterocycles. The van der Waals surface area contributed by atoms with Crippen molar-refractivity contribution < 1.29 is 14.0 Å². The molecule has 4 rings (SSSR count). The van der Waals surface area contributed by atoms with Gasteiger partial charge in [-0.1, -0.05) is 12.1 Å². The van der Waals surface area contributed by atoms with Crippen molar-refractivity contribution in [1.82, 2.24) is 9.88 Å². The first kappa shape index (κ1) is 16.6. The SMILES string of the molecule is CC(C)(c1csc(-c2ccc(F)cc2)n1)N1C(=O)c2ccccc2C1=O. The lowest BCUT2D eigenvalue weighted by atomic mass is 9.99. The maximum absolute atomic E-state index is 13.1. The van der Waals surface area contributed by atoms with Crippen LogP contribution in [-0.4, -0.2) is 21.7 Å². The van der Waals surface area contributed by atoms with Crippen molar-refractivity contribution in [2.75, 3.05) is 0 Å². The Hall–Kier alpha value is -2.86. The van der Waals surface area contributed by atoms with E-state index in [1.165, 1.54) is 28.4 Å². The van der Waals surface area contributed by atoms with Crippen LogP contribution in [0.5, 0.6) is 0 Å². The number of carbonyl (C=O) groups excluding carboxylic acids is 2. The third-order valence-corrected chi connectivity index (χ3v) is 5.47. The van der Waals surface area contributed by atoms with Crippen LogP contribution in [0.15, 0.2) is 53.9 Å². The van der Waals surface area contributed by atoms with E-state index in [2.05, 4.69) is 4.98 Å². The molecule has 0 saturated heterocycles. The first-order valence-corrected chi connectivity index (χ1v) is 8.97. The van der Waals surface area contributed by atoms with Gasteiger partial charge in [0.2, 0.25) is 0 Å². The third-order valence-electron chi connectivity index (χ3n) is 4.58. The molecular formula is C20H15FN2O2S. The van der Waals surface area contributed by atoms with Gasteiger partial charge >= 0.3 is 0 Å². The Balaban J connectivity index is 1.71. The summed E-state index contributed by atoms with van der Waals surface area (Å²) in [5.41, 5.74) is 1.35. The molecule has 3 aromatic rings. The van der Waals surface area contributed by atoms with Crippen LogP contribution >= 0.6 is 11.3 Å². The summed E-state index contributed by atoms with van der Waals surface area (Å²) in [6.45, 7) is 3.61. The number of aromatic nitrogens is 1. The topological polar surface area (TPSA) is 50.3 Å². The molecule has 1 aromatic heterocycles. The van der Waals surface area contributed by atoms with Gasteiger partial charge in [-0.25, -0.2) is 9.37 Å². The largest absolute Gasteiger partial charge is 0.269 e. The summed E-state index contributed by atoms with van der Waals surface area (Å²) >= 11 is 1.40. The number of rotatable bonds is 3. The van der Waals surface area contributed by atoms with E-state index in [1.807, 2.05) is 5.38 Å². The van der Waals surface area contributed by atoms with E-state index in [0.29, 0.717) is 21.8 Å².